The number of nitrogens with one attached hydrogen (secondary N) is 2. The van der Waals surface area contributed by atoms with Gasteiger partial charge in [-0.25, -0.2) is 14.3 Å². The zero-order chi connectivity index (χ0) is 25.7. The van der Waals surface area contributed by atoms with Gasteiger partial charge < -0.3 is 19.8 Å². The Kier molecular flexibility index (Phi) is 7.29. The number of aromatic amines is 1. The van der Waals surface area contributed by atoms with Crippen LogP contribution in [0.2, 0.25) is 0 Å². The average molecular weight is 487 g/mol. The van der Waals surface area contributed by atoms with Crippen molar-refractivity contribution < 1.29 is 23.9 Å². The Labute approximate surface area is 208 Å². The van der Waals surface area contributed by atoms with E-state index >= 15 is 0 Å². The van der Waals surface area contributed by atoms with Gasteiger partial charge in [-0.05, 0) is 38.5 Å². The Hall–Kier alpha value is -4.66. The molecule has 0 radical (unpaired) electrons. The highest BCUT2D eigenvalue weighted by Gasteiger charge is 2.24. The number of nitrogens with zero attached hydrogens (tertiary/aromatic N) is 2. The fourth-order valence-electron chi connectivity index (χ4n) is 3.83. The molecule has 0 atom stereocenters. The Morgan fingerprint density at radius 1 is 0.944 bits per heavy atom. The van der Waals surface area contributed by atoms with Gasteiger partial charge in [0.1, 0.15) is 11.5 Å². The van der Waals surface area contributed by atoms with Crippen LogP contribution in [0.25, 0.3) is 16.9 Å². The van der Waals surface area contributed by atoms with Crippen molar-refractivity contribution in [2.45, 2.75) is 20.8 Å². The van der Waals surface area contributed by atoms with E-state index in [1.807, 2.05) is 60.7 Å². The van der Waals surface area contributed by atoms with Crippen molar-refractivity contribution in [3.63, 3.8) is 0 Å². The minimum absolute atomic E-state index is 0.101. The molecule has 2 aromatic heterocycles. The van der Waals surface area contributed by atoms with Gasteiger partial charge in [-0.15, -0.1) is 0 Å². The number of aryl methyl sites for hydroxylation is 1. The summed E-state index contributed by atoms with van der Waals surface area (Å²) in [6.07, 6.45) is 0. The van der Waals surface area contributed by atoms with E-state index in [-0.39, 0.29) is 17.9 Å². The number of hydrogen-bond acceptors (Lipinski definition) is 6. The number of hydrogen-bond donors (Lipinski definition) is 2. The zero-order valence-corrected chi connectivity index (χ0v) is 20.2. The standard InChI is InChI=1S/C27H26N4O5/c1-4-35-26(33)24-17(2)25(28-18(24)3)27(34)36-16-23(32)29-22-15-21(19-11-7-5-8-12-19)30-31(22)20-13-9-6-10-14-20/h5-15,28H,4,16H2,1-3H3,(H,29,32). The molecule has 2 heterocycles. The molecular weight excluding hydrogens is 460 g/mol. The molecule has 0 saturated carbocycles. The van der Waals surface area contributed by atoms with E-state index in [1.54, 1.807) is 31.5 Å². The fraction of sp³-hybridized carbons (Fsp3) is 0.185. The molecule has 2 N–H and O–H groups in total. The minimum atomic E-state index is -0.747. The minimum Gasteiger partial charge on any atom is -0.462 e. The highest BCUT2D eigenvalue weighted by atomic mass is 16.5. The molecule has 0 aliphatic rings. The first kappa shape index (κ1) is 24.5. The summed E-state index contributed by atoms with van der Waals surface area (Å²) in [7, 11) is 0. The van der Waals surface area contributed by atoms with Crippen molar-refractivity contribution in [3.8, 4) is 16.9 Å². The van der Waals surface area contributed by atoms with Crippen LogP contribution in [0.4, 0.5) is 5.82 Å². The average Bonchev–Trinajstić information content (AvgIpc) is 3.44. The third-order valence-electron chi connectivity index (χ3n) is 5.50. The molecule has 0 aliphatic carbocycles. The first-order valence-corrected chi connectivity index (χ1v) is 11.4. The molecule has 0 spiro atoms. The topological polar surface area (TPSA) is 115 Å². The first-order chi connectivity index (χ1) is 17.4. The van der Waals surface area contributed by atoms with Crippen LogP contribution in [0.15, 0.2) is 66.7 Å². The van der Waals surface area contributed by atoms with Gasteiger partial charge in [-0.1, -0.05) is 48.5 Å². The number of anilines is 1. The molecule has 4 rings (SSSR count). The molecular formula is C27H26N4O5. The lowest BCUT2D eigenvalue weighted by atomic mass is 10.1. The Balaban J connectivity index is 1.49. The zero-order valence-electron chi connectivity index (χ0n) is 20.2. The summed E-state index contributed by atoms with van der Waals surface area (Å²) in [6.45, 7) is 4.68. The van der Waals surface area contributed by atoms with Crippen LogP contribution in [0.5, 0.6) is 0 Å². The third kappa shape index (κ3) is 5.20. The van der Waals surface area contributed by atoms with Crippen molar-refractivity contribution in [1.82, 2.24) is 14.8 Å². The molecule has 9 nitrogen and oxygen atoms in total. The van der Waals surface area contributed by atoms with Crippen molar-refractivity contribution in [2.24, 2.45) is 0 Å². The van der Waals surface area contributed by atoms with Crippen LogP contribution in [0.1, 0.15) is 39.0 Å². The van der Waals surface area contributed by atoms with Crippen LogP contribution in [0, 0.1) is 13.8 Å². The molecule has 1 amide bonds. The van der Waals surface area contributed by atoms with Gasteiger partial charge in [0.05, 0.1) is 23.6 Å². The van der Waals surface area contributed by atoms with Gasteiger partial charge in [0.25, 0.3) is 5.91 Å². The van der Waals surface area contributed by atoms with Crippen molar-refractivity contribution >= 4 is 23.7 Å². The molecule has 184 valence electrons. The van der Waals surface area contributed by atoms with E-state index in [9.17, 15) is 14.4 Å². The summed E-state index contributed by atoms with van der Waals surface area (Å²) in [5, 5.41) is 7.42. The second kappa shape index (κ2) is 10.7. The lowest BCUT2D eigenvalue weighted by Gasteiger charge is -2.09. The summed E-state index contributed by atoms with van der Waals surface area (Å²) >= 11 is 0. The summed E-state index contributed by atoms with van der Waals surface area (Å²) in [6, 6.07) is 20.7. The summed E-state index contributed by atoms with van der Waals surface area (Å²) in [4.78, 5) is 40.4. The van der Waals surface area contributed by atoms with Gasteiger partial charge in [0.15, 0.2) is 6.61 Å². The molecule has 0 bridgehead atoms. The van der Waals surface area contributed by atoms with Gasteiger partial charge in [-0.2, -0.15) is 5.10 Å². The number of carbonyl (C=O) groups excluding carboxylic acids is 3. The number of aromatic nitrogens is 3. The van der Waals surface area contributed by atoms with Crippen molar-refractivity contribution in [1.29, 1.82) is 0 Å². The predicted octanol–water partition coefficient (Wildman–Crippen LogP) is 4.46. The highest BCUT2D eigenvalue weighted by molar-refractivity contribution is 5.99. The number of rotatable bonds is 8. The maximum absolute atomic E-state index is 12.7. The van der Waals surface area contributed by atoms with Gasteiger partial charge in [-0.3, -0.25) is 4.79 Å². The lowest BCUT2D eigenvalue weighted by Crippen LogP contribution is -2.22. The normalized spacial score (nSPS) is 10.6. The van der Waals surface area contributed by atoms with E-state index < -0.39 is 24.5 Å². The first-order valence-electron chi connectivity index (χ1n) is 11.4. The van der Waals surface area contributed by atoms with Gasteiger partial charge >= 0.3 is 11.9 Å². The van der Waals surface area contributed by atoms with Crippen LogP contribution in [-0.2, 0) is 14.3 Å². The number of ether oxygens (including phenoxy) is 2. The Morgan fingerprint density at radius 3 is 2.28 bits per heavy atom. The number of H-pyrrole nitrogens is 1. The number of amides is 1. The molecule has 9 heteroatoms. The molecule has 0 saturated heterocycles. The largest absolute Gasteiger partial charge is 0.462 e. The lowest BCUT2D eigenvalue weighted by molar-refractivity contribution is -0.119. The van der Waals surface area contributed by atoms with Crippen LogP contribution >= 0.6 is 0 Å². The van der Waals surface area contributed by atoms with Crippen molar-refractivity contribution in [3.05, 3.63) is 89.2 Å². The number of para-hydroxylation sites is 1. The fourth-order valence-corrected chi connectivity index (χ4v) is 3.83. The highest BCUT2D eigenvalue weighted by Crippen LogP contribution is 2.25. The predicted molar refractivity (Wildman–Crippen MR) is 134 cm³/mol. The Bertz CT molecular complexity index is 1390. The second-order valence-electron chi connectivity index (χ2n) is 8.00. The molecule has 2 aromatic carbocycles. The number of carbonyl (C=O) groups is 3. The summed E-state index contributed by atoms with van der Waals surface area (Å²) in [5.74, 6) is -1.38. The molecule has 0 unspecified atom stereocenters. The maximum atomic E-state index is 12.7. The molecule has 36 heavy (non-hydrogen) atoms. The van der Waals surface area contributed by atoms with E-state index in [0.717, 1.165) is 11.3 Å². The van der Waals surface area contributed by atoms with Crippen LogP contribution in [0.3, 0.4) is 0 Å². The maximum Gasteiger partial charge on any atom is 0.355 e. The quantitative estimate of drug-likeness (QED) is 0.356. The van der Waals surface area contributed by atoms with E-state index in [4.69, 9.17) is 9.47 Å². The second-order valence-corrected chi connectivity index (χ2v) is 8.00. The molecule has 4 aromatic rings. The van der Waals surface area contributed by atoms with E-state index in [1.165, 1.54) is 0 Å². The smallest absolute Gasteiger partial charge is 0.355 e. The van der Waals surface area contributed by atoms with E-state index in [0.29, 0.717) is 22.8 Å². The Morgan fingerprint density at radius 2 is 1.61 bits per heavy atom. The molecule has 0 aliphatic heterocycles. The molecule has 0 fully saturated rings. The van der Waals surface area contributed by atoms with Gasteiger partial charge in [0.2, 0.25) is 0 Å². The van der Waals surface area contributed by atoms with Gasteiger partial charge in [0, 0.05) is 17.3 Å². The number of esters is 2. The SMILES string of the molecule is CCOC(=O)c1c(C)[nH]c(C(=O)OCC(=O)Nc2cc(-c3ccccc3)nn2-c2ccccc2)c1C. The monoisotopic (exact) mass is 486 g/mol. The third-order valence-corrected chi connectivity index (χ3v) is 5.50. The summed E-state index contributed by atoms with van der Waals surface area (Å²) < 4.78 is 11.9. The van der Waals surface area contributed by atoms with E-state index in [2.05, 4.69) is 15.4 Å². The summed E-state index contributed by atoms with van der Waals surface area (Å²) in [5.41, 5.74) is 3.61. The number of benzene rings is 2. The van der Waals surface area contributed by atoms with Crippen molar-refractivity contribution in [2.75, 3.05) is 18.5 Å². The van der Waals surface area contributed by atoms with Crippen LogP contribution < -0.4 is 5.32 Å². The van der Waals surface area contributed by atoms with Crippen LogP contribution in [-0.4, -0.2) is 45.8 Å².